The summed E-state index contributed by atoms with van der Waals surface area (Å²) in [6.07, 6.45) is 0. The molecule has 20 heavy (non-hydrogen) atoms. The lowest BCUT2D eigenvalue weighted by Gasteiger charge is -2.09. The Labute approximate surface area is 121 Å². The summed E-state index contributed by atoms with van der Waals surface area (Å²) < 4.78 is 27.7. The van der Waals surface area contributed by atoms with Crippen molar-refractivity contribution in [2.24, 2.45) is 0 Å². The molecular weight excluding hydrogens is 379 g/mol. The third-order valence-electron chi connectivity index (χ3n) is 2.67. The SMILES string of the molecule is O=C(O)c1cc2cccc(OCCO)c2cc1I(=O)=O. The lowest BCUT2D eigenvalue weighted by atomic mass is 10.1. The Hall–Kier alpha value is -1.74. The largest absolute Gasteiger partial charge is 0.491 e. The monoisotopic (exact) mass is 390 g/mol. The molecule has 6 nitrogen and oxygen atoms in total. The van der Waals surface area contributed by atoms with Crippen molar-refractivity contribution in [2.45, 2.75) is 0 Å². The number of ether oxygens (including phenoxy) is 1. The van der Waals surface area contributed by atoms with Gasteiger partial charge in [0.1, 0.15) is 12.4 Å². The van der Waals surface area contributed by atoms with Crippen LogP contribution >= 0.6 is 19.8 Å². The number of fused-ring (bicyclic) bond motifs is 1. The highest BCUT2D eigenvalue weighted by Crippen LogP contribution is 2.32. The maximum atomic E-state index is 11.3. The van der Waals surface area contributed by atoms with E-state index in [-0.39, 0.29) is 22.3 Å². The van der Waals surface area contributed by atoms with Crippen LogP contribution in [0.1, 0.15) is 10.4 Å². The molecule has 0 aromatic heterocycles. The number of aliphatic hydroxyl groups excluding tert-OH is 1. The van der Waals surface area contributed by atoms with Crippen LogP contribution in [-0.2, 0) is 6.14 Å². The second-order valence-corrected chi connectivity index (χ2v) is 6.31. The fourth-order valence-corrected chi connectivity index (χ4v) is 3.27. The fraction of sp³-hybridized carbons (Fsp3) is 0.154. The van der Waals surface area contributed by atoms with Crippen LogP contribution in [0.4, 0.5) is 0 Å². The maximum absolute atomic E-state index is 11.3. The highest BCUT2D eigenvalue weighted by Gasteiger charge is 2.17. The highest BCUT2D eigenvalue weighted by molar-refractivity contribution is 14.2. The number of aromatic carboxylic acids is 1. The average molecular weight is 390 g/mol. The molecule has 106 valence electrons. The van der Waals surface area contributed by atoms with Gasteiger partial charge in [0.15, 0.2) is 0 Å². The molecule has 0 aliphatic rings. The lowest BCUT2D eigenvalue weighted by Crippen LogP contribution is -2.03. The van der Waals surface area contributed by atoms with E-state index >= 15 is 0 Å². The van der Waals surface area contributed by atoms with Crippen molar-refractivity contribution in [3.63, 3.8) is 0 Å². The van der Waals surface area contributed by atoms with Crippen molar-refractivity contribution in [3.8, 4) is 5.75 Å². The molecule has 0 spiro atoms. The average Bonchev–Trinajstić information content (AvgIpc) is 2.43. The predicted octanol–water partition coefficient (Wildman–Crippen LogP) is 2.28. The minimum Gasteiger partial charge on any atom is -0.491 e. The van der Waals surface area contributed by atoms with E-state index in [1.807, 2.05) is 0 Å². The molecule has 0 bridgehead atoms. The van der Waals surface area contributed by atoms with Crippen molar-refractivity contribution < 1.29 is 25.9 Å². The van der Waals surface area contributed by atoms with Crippen molar-refractivity contribution in [1.82, 2.24) is 0 Å². The Morgan fingerprint density at radius 2 is 2.00 bits per heavy atom. The molecule has 0 atom stereocenters. The minimum absolute atomic E-state index is 0.0756. The quantitative estimate of drug-likeness (QED) is 0.760. The minimum atomic E-state index is -3.94. The molecule has 0 fully saturated rings. The summed E-state index contributed by atoms with van der Waals surface area (Å²) in [4.78, 5) is 11.1. The number of carbonyl (C=O) groups is 1. The Kier molecular flexibility index (Phi) is 4.50. The normalized spacial score (nSPS) is 10.9. The molecule has 0 unspecified atom stereocenters. The van der Waals surface area contributed by atoms with Crippen LogP contribution in [0.3, 0.4) is 0 Å². The zero-order valence-electron chi connectivity index (χ0n) is 10.2. The third-order valence-corrected chi connectivity index (χ3v) is 4.51. The number of hydrogen-bond donors (Lipinski definition) is 2. The molecule has 0 saturated heterocycles. The van der Waals surface area contributed by atoms with Gasteiger partial charge in [0.05, 0.1) is 15.7 Å². The summed E-state index contributed by atoms with van der Waals surface area (Å²) in [6, 6.07) is 7.61. The zero-order valence-corrected chi connectivity index (χ0v) is 12.4. The summed E-state index contributed by atoms with van der Waals surface area (Å²) >= 11 is -3.94. The Bertz CT molecular complexity index is 727. The van der Waals surface area contributed by atoms with E-state index < -0.39 is 25.8 Å². The maximum Gasteiger partial charge on any atom is 0.341 e. The first kappa shape index (κ1) is 14.7. The van der Waals surface area contributed by atoms with Crippen LogP contribution in [0.15, 0.2) is 30.3 Å². The van der Waals surface area contributed by atoms with Gasteiger partial charge >= 0.3 is 25.8 Å². The fourth-order valence-electron chi connectivity index (χ4n) is 1.84. The van der Waals surface area contributed by atoms with Gasteiger partial charge in [-0.25, -0.2) is 10.9 Å². The molecule has 7 heteroatoms. The van der Waals surface area contributed by atoms with Crippen molar-refractivity contribution in [3.05, 3.63) is 39.5 Å². The predicted molar refractivity (Wildman–Crippen MR) is 77.6 cm³/mol. The summed E-state index contributed by atoms with van der Waals surface area (Å²) in [5.41, 5.74) is -0.230. The van der Waals surface area contributed by atoms with Crippen LogP contribution in [-0.4, -0.2) is 29.4 Å². The first-order valence-corrected chi connectivity index (χ1v) is 8.47. The third kappa shape index (κ3) is 2.88. The van der Waals surface area contributed by atoms with E-state index in [2.05, 4.69) is 0 Å². The number of carboxylic acids is 1. The Balaban J connectivity index is 2.70. The van der Waals surface area contributed by atoms with Crippen molar-refractivity contribution in [2.75, 3.05) is 13.2 Å². The topological polar surface area (TPSA) is 101 Å². The smallest absolute Gasteiger partial charge is 0.341 e. The first-order valence-electron chi connectivity index (χ1n) is 5.63. The number of hydrogen-bond acceptors (Lipinski definition) is 5. The molecule has 2 aromatic carbocycles. The standard InChI is InChI=1S/C13H11IO6/c15-4-5-20-12-3-1-2-8-6-10(13(16)17)11(14(18)19)7-9(8)12/h1-3,6-7,15H,4-5H2,(H,16,17). The molecule has 0 radical (unpaired) electrons. The van der Waals surface area contributed by atoms with Crippen LogP contribution in [0.2, 0.25) is 0 Å². The summed E-state index contributed by atoms with van der Waals surface area (Å²) in [7, 11) is 0. The van der Waals surface area contributed by atoms with Gasteiger partial charge < -0.3 is 14.9 Å². The van der Waals surface area contributed by atoms with Gasteiger partial charge in [-0.15, -0.1) is 0 Å². The van der Waals surface area contributed by atoms with Gasteiger partial charge in [-0.3, -0.25) is 0 Å². The Morgan fingerprint density at radius 3 is 2.60 bits per heavy atom. The number of halogens is 1. The van der Waals surface area contributed by atoms with E-state index in [0.29, 0.717) is 16.5 Å². The lowest BCUT2D eigenvalue weighted by molar-refractivity contribution is 0.0696. The summed E-state index contributed by atoms with van der Waals surface area (Å²) in [6.45, 7) is -0.0930. The van der Waals surface area contributed by atoms with Gasteiger partial charge in [-0.1, -0.05) is 12.1 Å². The number of aliphatic hydroxyl groups is 1. The summed E-state index contributed by atoms with van der Waals surface area (Å²) in [5, 5.41) is 18.9. The molecular formula is C13H11IO6. The molecule has 2 N–H and O–H groups in total. The molecule has 0 aliphatic heterocycles. The van der Waals surface area contributed by atoms with Gasteiger partial charge in [-0.2, -0.15) is 0 Å². The number of benzene rings is 2. The molecule has 2 aromatic rings. The second kappa shape index (κ2) is 6.14. The van der Waals surface area contributed by atoms with E-state index in [9.17, 15) is 10.9 Å². The first-order chi connectivity index (χ1) is 9.54. The Morgan fingerprint density at radius 1 is 1.25 bits per heavy atom. The molecule has 0 amide bonds. The molecule has 0 aliphatic carbocycles. The second-order valence-electron chi connectivity index (χ2n) is 3.90. The van der Waals surface area contributed by atoms with Crippen molar-refractivity contribution in [1.29, 1.82) is 0 Å². The van der Waals surface area contributed by atoms with Crippen molar-refractivity contribution >= 4 is 36.5 Å². The van der Waals surface area contributed by atoms with Gasteiger partial charge in [0.25, 0.3) is 0 Å². The molecule has 0 saturated carbocycles. The van der Waals surface area contributed by atoms with Gasteiger partial charge in [0, 0.05) is 5.39 Å². The van der Waals surface area contributed by atoms with Crippen LogP contribution in [0.25, 0.3) is 10.8 Å². The summed E-state index contributed by atoms with van der Waals surface area (Å²) in [5.74, 6) is -0.870. The van der Waals surface area contributed by atoms with Gasteiger partial charge in [0.2, 0.25) is 0 Å². The van der Waals surface area contributed by atoms with E-state index in [0.717, 1.165) is 0 Å². The van der Waals surface area contributed by atoms with E-state index in [1.165, 1.54) is 12.1 Å². The van der Waals surface area contributed by atoms with E-state index in [1.54, 1.807) is 18.2 Å². The molecule has 0 heterocycles. The number of rotatable bonds is 5. The number of carboxylic acid groups (broad SMARTS) is 1. The van der Waals surface area contributed by atoms with Crippen LogP contribution in [0, 0.1) is 3.57 Å². The zero-order chi connectivity index (χ0) is 14.7. The highest BCUT2D eigenvalue weighted by atomic mass is 127. The van der Waals surface area contributed by atoms with Crippen LogP contribution in [0.5, 0.6) is 5.75 Å². The molecule has 2 rings (SSSR count). The van der Waals surface area contributed by atoms with Gasteiger partial charge in [-0.05, 0) is 23.6 Å². The van der Waals surface area contributed by atoms with E-state index in [4.69, 9.17) is 14.9 Å². The van der Waals surface area contributed by atoms with Crippen LogP contribution < -0.4 is 4.74 Å².